The van der Waals surface area contributed by atoms with Crippen LogP contribution in [0.4, 0.5) is 5.82 Å². The van der Waals surface area contributed by atoms with Crippen LogP contribution in [0.1, 0.15) is 46.9 Å². The van der Waals surface area contributed by atoms with Crippen LogP contribution in [0.5, 0.6) is 0 Å². The van der Waals surface area contributed by atoms with Gasteiger partial charge in [0.05, 0.1) is 6.04 Å². The molecule has 1 aromatic heterocycles. The van der Waals surface area contributed by atoms with Crippen molar-refractivity contribution in [1.82, 2.24) is 14.8 Å². The summed E-state index contributed by atoms with van der Waals surface area (Å²) in [4.78, 5) is 24.8. The third kappa shape index (κ3) is 3.90. The number of piperazine rings is 1. The number of pyridine rings is 1. The summed E-state index contributed by atoms with van der Waals surface area (Å²) in [7, 11) is 2.15. The van der Waals surface area contributed by atoms with Gasteiger partial charge in [-0.1, -0.05) is 30.3 Å². The van der Waals surface area contributed by atoms with E-state index in [1.54, 1.807) is 0 Å². The Bertz CT molecular complexity index is 829. The van der Waals surface area contributed by atoms with Crippen molar-refractivity contribution in [3.8, 4) is 0 Å². The molecule has 0 bridgehead atoms. The van der Waals surface area contributed by atoms with Gasteiger partial charge < -0.3 is 14.7 Å². The van der Waals surface area contributed by atoms with Gasteiger partial charge in [-0.3, -0.25) is 4.79 Å². The second kappa shape index (κ2) is 8.31. The fourth-order valence-corrected chi connectivity index (χ4v) is 4.36. The molecule has 3 heterocycles. The first-order valence-corrected chi connectivity index (χ1v) is 10.4. The molecule has 2 fully saturated rings. The molecule has 2 aliphatic rings. The smallest absolute Gasteiger partial charge is 0.273 e. The molecule has 1 aromatic carbocycles. The molecule has 2 saturated heterocycles. The number of hydrogen-bond donors (Lipinski definition) is 0. The van der Waals surface area contributed by atoms with Gasteiger partial charge in [-0.05, 0) is 56.5 Å². The van der Waals surface area contributed by atoms with Crippen LogP contribution in [-0.4, -0.2) is 60.5 Å². The van der Waals surface area contributed by atoms with Gasteiger partial charge in [0.1, 0.15) is 11.5 Å². The van der Waals surface area contributed by atoms with Crippen molar-refractivity contribution in [3.05, 3.63) is 59.3 Å². The minimum Gasteiger partial charge on any atom is -0.354 e. The Labute approximate surface area is 168 Å². The van der Waals surface area contributed by atoms with Gasteiger partial charge in [-0.2, -0.15) is 0 Å². The van der Waals surface area contributed by atoms with Crippen molar-refractivity contribution >= 4 is 11.7 Å². The van der Waals surface area contributed by atoms with Crippen LogP contribution in [0.3, 0.4) is 0 Å². The highest BCUT2D eigenvalue weighted by Crippen LogP contribution is 2.33. The quantitative estimate of drug-likeness (QED) is 0.819. The van der Waals surface area contributed by atoms with Crippen molar-refractivity contribution < 1.29 is 4.79 Å². The number of aryl methyl sites for hydroxylation is 1. The van der Waals surface area contributed by atoms with Crippen LogP contribution in [-0.2, 0) is 0 Å². The van der Waals surface area contributed by atoms with E-state index in [4.69, 9.17) is 4.98 Å². The van der Waals surface area contributed by atoms with E-state index in [1.165, 1.54) is 11.1 Å². The largest absolute Gasteiger partial charge is 0.354 e. The number of nitrogens with zero attached hydrogens (tertiary/aromatic N) is 4. The fourth-order valence-electron chi connectivity index (χ4n) is 4.36. The molecule has 0 saturated carbocycles. The summed E-state index contributed by atoms with van der Waals surface area (Å²) in [5, 5.41) is 0. The molecule has 2 aliphatic heterocycles. The molecule has 148 valence electrons. The fraction of sp³-hybridized carbons (Fsp3) is 0.478. The van der Waals surface area contributed by atoms with Gasteiger partial charge in [0.2, 0.25) is 0 Å². The molecule has 5 heteroatoms. The number of aromatic nitrogens is 1. The van der Waals surface area contributed by atoms with Gasteiger partial charge in [-0.15, -0.1) is 0 Å². The zero-order chi connectivity index (χ0) is 19.5. The Morgan fingerprint density at radius 1 is 0.964 bits per heavy atom. The van der Waals surface area contributed by atoms with Crippen LogP contribution in [0.15, 0.2) is 42.5 Å². The van der Waals surface area contributed by atoms with Crippen molar-refractivity contribution in [2.45, 2.75) is 32.2 Å². The average molecular weight is 379 g/mol. The highest BCUT2D eigenvalue weighted by Gasteiger charge is 2.30. The molecule has 1 unspecified atom stereocenters. The first-order chi connectivity index (χ1) is 13.6. The number of likely N-dealkylation sites (tertiary alicyclic amines) is 1. The lowest BCUT2D eigenvalue weighted by molar-refractivity contribution is 0.0605. The van der Waals surface area contributed by atoms with E-state index in [-0.39, 0.29) is 11.9 Å². The standard InChI is InChI=1S/C23H30N4O/c1-18-8-3-4-9-19(18)21-11-5-6-13-27(21)23(28)20-10-7-12-22(24-20)26-16-14-25(2)15-17-26/h3-4,7-10,12,21H,5-6,11,13-17H2,1-2H3. The molecule has 2 aromatic rings. The lowest BCUT2D eigenvalue weighted by Gasteiger charge is -2.37. The Morgan fingerprint density at radius 3 is 2.54 bits per heavy atom. The first kappa shape index (κ1) is 18.9. The van der Waals surface area contributed by atoms with Crippen molar-refractivity contribution in [2.24, 2.45) is 0 Å². The second-order valence-electron chi connectivity index (χ2n) is 8.04. The van der Waals surface area contributed by atoms with Gasteiger partial charge in [0.25, 0.3) is 5.91 Å². The van der Waals surface area contributed by atoms with E-state index in [2.05, 4.69) is 48.0 Å². The molecule has 28 heavy (non-hydrogen) atoms. The maximum atomic E-state index is 13.4. The predicted octanol–water partition coefficient (Wildman–Crippen LogP) is 3.51. The topological polar surface area (TPSA) is 39.7 Å². The average Bonchev–Trinajstić information content (AvgIpc) is 2.74. The second-order valence-corrected chi connectivity index (χ2v) is 8.04. The van der Waals surface area contributed by atoms with Crippen LogP contribution in [0, 0.1) is 6.92 Å². The number of rotatable bonds is 3. The zero-order valence-corrected chi connectivity index (χ0v) is 17.0. The number of hydrogen-bond acceptors (Lipinski definition) is 4. The molecular weight excluding hydrogens is 348 g/mol. The van der Waals surface area contributed by atoms with Gasteiger partial charge >= 0.3 is 0 Å². The number of carbonyl (C=O) groups excluding carboxylic acids is 1. The van der Waals surface area contributed by atoms with E-state index in [0.717, 1.165) is 57.8 Å². The Morgan fingerprint density at radius 2 is 1.75 bits per heavy atom. The van der Waals surface area contributed by atoms with Gasteiger partial charge in [0.15, 0.2) is 0 Å². The van der Waals surface area contributed by atoms with Crippen LogP contribution in [0.25, 0.3) is 0 Å². The Hall–Kier alpha value is -2.40. The predicted molar refractivity (Wildman–Crippen MR) is 113 cm³/mol. The highest BCUT2D eigenvalue weighted by molar-refractivity contribution is 5.93. The highest BCUT2D eigenvalue weighted by atomic mass is 16.2. The summed E-state index contributed by atoms with van der Waals surface area (Å²) in [6.45, 7) is 6.91. The minimum atomic E-state index is 0.0592. The summed E-state index contributed by atoms with van der Waals surface area (Å²) in [5.74, 6) is 0.979. The molecule has 5 nitrogen and oxygen atoms in total. The molecule has 1 atom stereocenters. The van der Waals surface area contributed by atoms with E-state index in [1.807, 2.05) is 23.1 Å². The number of anilines is 1. The SMILES string of the molecule is Cc1ccccc1C1CCCCN1C(=O)c1cccc(N2CCN(C)CC2)n1. The maximum absolute atomic E-state index is 13.4. The number of piperidine rings is 1. The Kier molecular flexibility index (Phi) is 5.62. The normalized spacial score (nSPS) is 21.0. The number of likely N-dealkylation sites (N-methyl/N-ethyl adjacent to an activating group) is 1. The lowest BCUT2D eigenvalue weighted by Crippen LogP contribution is -2.45. The van der Waals surface area contributed by atoms with E-state index >= 15 is 0 Å². The van der Waals surface area contributed by atoms with Crippen LogP contribution < -0.4 is 4.90 Å². The minimum absolute atomic E-state index is 0.0592. The summed E-state index contributed by atoms with van der Waals surface area (Å²) in [5.41, 5.74) is 3.09. The first-order valence-electron chi connectivity index (χ1n) is 10.4. The van der Waals surface area contributed by atoms with Gasteiger partial charge in [0, 0.05) is 32.7 Å². The lowest BCUT2D eigenvalue weighted by atomic mass is 9.92. The Balaban J connectivity index is 1.57. The monoisotopic (exact) mass is 378 g/mol. The number of carbonyl (C=O) groups is 1. The van der Waals surface area contributed by atoms with E-state index in [9.17, 15) is 4.79 Å². The van der Waals surface area contributed by atoms with Crippen LogP contribution >= 0.6 is 0 Å². The molecule has 4 rings (SSSR count). The van der Waals surface area contributed by atoms with Gasteiger partial charge in [-0.25, -0.2) is 4.98 Å². The maximum Gasteiger partial charge on any atom is 0.273 e. The molecule has 0 N–H and O–H groups in total. The summed E-state index contributed by atoms with van der Waals surface area (Å²) in [6, 6.07) is 14.5. The van der Waals surface area contributed by atoms with Crippen molar-refractivity contribution in [2.75, 3.05) is 44.7 Å². The van der Waals surface area contributed by atoms with Crippen molar-refractivity contribution in [3.63, 3.8) is 0 Å². The third-order valence-corrected chi connectivity index (χ3v) is 6.09. The van der Waals surface area contributed by atoms with E-state index < -0.39 is 0 Å². The summed E-state index contributed by atoms with van der Waals surface area (Å²) < 4.78 is 0. The van der Waals surface area contributed by atoms with Crippen molar-refractivity contribution in [1.29, 1.82) is 0 Å². The summed E-state index contributed by atoms with van der Waals surface area (Å²) in [6.07, 6.45) is 3.25. The molecular formula is C23H30N4O. The van der Waals surface area contributed by atoms with E-state index in [0.29, 0.717) is 5.69 Å². The zero-order valence-electron chi connectivity index (χ0n) is 17.0. The number of benzene rings is 1. The molecule has 0 spiro atoms. The van der Waals surface area contributed by atoms with Crippen LogP contribution in [0.2, 0.25) is 0 Å². The molecule has 1 amide bonds. The summed E-state index contributed by atoms with van der Waals surface area (Å²) >= 11 is 0. The molecule has 0 aliphatic carbocycles. The number of amides is 1. The third-order valence-electron chi connectivity index (χ3n) is 6.09. The molecule has 0 radical (unpaired) electrons.